The molecule has 0 saturated carbocycles. The molecule has 2 heteroatoms. The van der Waals surface area contributed by atoms with Crippen LogP contribution in [0.25, 0.3) is 0 Å². The van der Waals surface area contributed by atoms with Gasteiger partial charge in [-0.15, -0.1) is 0 Å². The standard InChI is InChI=1S/C12H25NO/c1-4-7-8-9-10-12(5-2,6-3)11(13)14/h4-10H2,1-3H3,(H2,13,14). The van der Waals surface area contributed by atoms with Crippen LogP contribution in [0.1, 0.15) is 65.7 Å². The third-order valence-electron chi connectivity index (χ3n) is 3.39. The Morgan fingerprint density at radius 2 is 1.64 bits per heavy atom. The Kier molecular flexibility index (Phi) is 6.60. The fourth-order valence-electron chi connectivity index (χ4n) is 1.97. The van der Waals surface area contributed by atoms with Crippen molar-refractivity contribution in [3.05, 3.63) is 0 Å². The van der Waals surface area contributed by atoms with Crippen molar-refractivity contribution >= 4 is 5.91 Å². The highest BCUT2D eigenvalue weighted by molar-refractivity contribution is 5.80. The van der Waals surface area contributed by atoms with Gasteiger partial charge in [0.1, 0.15) is 0 Å². The molecule has 0 aliphatic rings. The van der Waals surface area contributed by atoms with E-state index in [9.17, 15) is 4.79 Å². The Morgan fingerprint density at radius 1 is 1.07 bits per heavy atom. The molecule has 2 N–H and O–H groups in total. The maximum atomic E-state index is 11.4. The minimum Gasteiger partial charge on any atom is -0.369 e. The molecule has 0 bridgehead atoms. The predicted octanol–water partition coefficient (Wildman–Crippen LogP) is 3.25. The van der Waals surface area contributed by atoms with Crippen molar-refractivity contribution in [2.45, 2.75) is 65.7 Å². The summed E-state index contributed by atoms with van der Waals surface area (Å²) in [6.07, 6.45) is 7.60. The van der Waals surface area contributed by atoms with Gasteiger partial charge in [0.2, 0.25) is 5.91 Å². The van der Waals surface area contributed by atoms with Gasteiger partial charge < -0.3 is 5.73 Å². The van der Waals surface area contributed by atoms with Crippen LogP contribution in [0.4, 0.5) is 0 Å². The topological polar surface area (TPSA) is 43.1 Å². The van der Waals surface area contributed by atoms with Crippen LogP contribution in [-0.4, -0.2) is 5.91 Å². The van der Waals surface area contributed by atoms with E-state index < -0.39 is 0 Å². The van der Waals surface area contributed by atoms with Gasteiger partial charge in [-0.25, -0.2) is 0 Å². The molecule has 0 saturated heterocycles. The Hall–Kier alpha value is -0.530. The van der Waals surface area contributed by atoms with Crippen LogP contribution in [0.15, 0.2) is 0 Å². The number of carbonyl (C=O) groups is 1. The molecule has 0 atom stereocenters. The van der Waals surface area contributed by atoms with E-state index >= 15 is 0 Å². The Bertz CT molecular complexity index is 162. The number of rotatable bonds is 8. The number of carbonyl (C=O) groups excluding carboxylic acids is 1. The lowest BCUT2D eigenvalue weighted by molar-refractivity contribution is -0.128. The van der Waals surface area contributed by atoms with Gasteiger partial charge in [-0.05, 0) is 19.3 Å². The lowest BCUT2D eigenvalue weighted by Crippen LogP contribution is -2.36. The van der Waals surface area contributed by atoms with Crippen molar-refractivity contribution in [3.8, 4) is 0 Å². The molecule has 0 aromatic heterocycles. The first-order chi connectivity index (χ1) is 6.63. The van der Waals surface area contributed by atoms with E-state index in [1.807, 2.05) is 0 Å². The average molecular weight is 199 g/mol. The lowest BCUT2D eigenvalue weighted by atomic mass is 9.77. The highest BCUT2D eigenvalue weighted by Crippen LogP contribution is 2.32. The molecular formula is C12H25NO. The second kappa shape index (κ2) is 6.86. The third kappa shape index (κ3) is 3.69. The molecule has 0 rings (SSSR count). The SMILES string of the molecule is CCCCCCC(CC)(CC)C(N)=O. The largest absolute Gasteiger partial charge is 0.369 e. The summed E-state index contributed by atoms with van der Waals surface area (Å²) < 4.78 is 0. The van der Waals surface area contributed by atoms with Crippen molar-refractivity contribution in [1.82, 2.24) is 0 Å². The molecule has 1 amide bonds. The van der Waals surface area contributed by atoms with Crippen molar-refractivity contribution < 1.29 is 4.79 Å². The van der Waals surface area contributed by atoms with Crippen LogP contribution in [-0.2, 0) is 4.79 Å². The molecule has 0 aromatic carbocycles. The van der Waals surface area contributed by atoms with E-state index in [-0.39, 0.29) is 11.3 Å². The first-order valence-electron chi connectivity index (χ1n) is 5.92. The Balaban J connectivity index is 4.02. The molecule has 0 fully saturated rings. The van der Waals surface area contributed by atoms with Crippen molar-refractivity contribution in [3.63, 3.8) is 0 Å². The summed E-state index contributed by atoms with van der Waals surface area (Å²) >= 11 is 0. The van der Waals surface area contributed by atoms with Gasteiger partial charge in [-0.2, -0.15) is 0 Å². The highest BCUT2D eigenvalue weighted by atomic mass is 16.1. The zero-order valence-electron chi connectivity index (χ0n) is 9.94. The van der Waals surface area contributed by atoms with E-state index in [2.05, 4.69) is 20.8 Å². The van der Waals surface area contributed by atoms with E-state index in [0.29, 0.717) is 0 Å². The van der Waals surface area contributed by atoms with Crippen molar-refractivity contribution in [2.24, 2.45) is 11.1 Å². The molecular weight excluding hydrogens is 174 g/mol. The first-order valence-corrected chi connectivity index (χ1v) is 5.92. The zero-order valence-corrected chi connectivity index (χ0v) is 9.94. The first kappa shape index (κ1) is 13.5. The van der Waals surface area contributed by atoms with Gasteiger partial charge in [-0.3, -0.25) is 4.79 Å². The highest BCUT2D eigenvalue weighted by Gasteiger charge is 2.31. The van der Waals surface area contributed by atoms with Crippen molar-refractivity contribution in [2.75, 3.05) is 0 Å². The second-order valence-corrected chi connectivity index (χ2v) is 4.16. The van der Waals surface area contributed by atoms with E-state index in [0.717, 1.165) is 25.7 Å². The fourth-order valence-corrected chi connectivity index (χ4v) is 1.97. The fraction of sp³-hybridized carbons (Fsp3) is 0.917. The molecule has 0 aliphatic carbocycles. The summed E-state index contributed by atoms with van der Waals surface area (Å²) in [6.45, 7) is 6.32. The summed E-state index contributed by atoms with van der Waals surface area (Å²) in [4.78, 5) is 11.4. The molecule has 2 nitrogen and oxygen atoms in total. The van der Waals surface area contributed by atoms with Gasteiger partial charge in [0.05, 0.1) is 0 Å². The Labute approximate surface area is 88.3 Å². The molecule has 0 heterocycles. The Morgan fingerprint density at radius 3 is 2.00 bits per heavy atom. The second-order valence-electron chi connectivity index (χ2n) is 4.16. The molecule has 14 heavy (non-hydrogen) atoms. The lowest BCUT2D eigenvalue weighted by Gasteiger charge is -2.27. The number of nitrogens with two attached hydrogens (primary N) is 1. The third-order valence-corrected chi connectivity index (χ3v) is 3.39. The van der Waals surface area contributed by atoms with Crippen LogP contribution < -0.4 is 5.73 Å². The van der Waals surface area contributed by atoms with Crippen LogP contribution in [0, 0.1) is 5.41 Å². The van der Waals surface area contributed by atoms with Gasteiger partial charge >= 0.3 is 0 Å². The smallest absolute Gasteiger partial charge is 0.223 e. The van der Waals surface area contributed by atoms with Gasteiger partial charge in [0.15, 0.2) is 0 Å². The molecule has 0 aromatic rings. The van der Waals surface area contributed by atoms with E-state index in [1.54, 1.807) is 0 Å². The number of amides is 1. The predicted molar refractivity (Wildman–Crippen MR) is 61.0 cm³/mol. The van der Waals surface area contributed by atoms with Crippen LogP contribution >= 0.6 is 0 Å². The normalized spacial score (nSPS) is 11.6. The van der Waals surface area contributed by atoms with Gasteiger partial charge in [-0.1, -0.05) is 46.5 Å². The minimum absolute atomic E-state index is 0.112. The quantitative estimate of drug-likeness (QED) is 0.599. The van der Waals surface area contributed by atoms with Crippen LogP contribution in [0.3, 0.4) is 0 Å². The molecule has 0 spiro atoms. The average Bonchev–Trinajstić information content (AvgIpc) is 2.18. The summed E-state index contributed by atoms with van der Waals surface area (Å²) in [7, 11) is 0. The number of hydrogen-bond donors (Lipinski definition) is 1. The molecule has 0 unspecified atom stereocenters. The van der Waals surface area contributed by atoms with Gasteiger partial charge in [0.25, 0.3) is 0 Å². The molecule has 84 valence electrons. The van der Waals surface area contributed by atoms with Crippen LogP contribution in [0.2, 0.25) is 0 Å². The minimum atomic E-state index is -0.228. The summed E-state index contributed by atoms with van der Waals surface area (Å²) in [5, 5.41) is 0. The number of hydrogen-bond acceptors (Lipinski definition) is 1. The molecule has 0 radical (unpaired) electrons. The van der Waals surface area contributed by atoms with E-state index in [4.69, 9.17) is 5.73 Å². The zero-order chi connectivity index (χ0) is 11.0. The van der Waals surface area contributed by atoms with Crippen molar-refractivity contribution in [1.29, 1.82) is 0 Å². The maximum Gasteiger partial charge on any atom is 0.223 e. The number of primary amides is 1. The van der Waals surface area contributed by atoms with Crippen LogP contribution in [0.5, 0.6) is 0 Å². The summed E-state index contributed by atoms with van der Waals surface area (Å²) in [6, 6.07) is 0. The number of unbranched alkanes of at least 4 members (excludes halogenated alkanes) is 3. The maximum absolute atomic E-state index is 11.4. The summed E-state index contributed by atoms with van der Waals surface area (Å²) in [5.74, 6) is -0.112. The van der Waals surface area contributed by atoms with E-state index in [1.165, 1.54) is 19.3 Å². The van der Waals surface area contributed by atoms with Gasteiger partial charge in [0, 0.05) is 5.41 Å². The monoisotopic (exact) mass is 199 g/mol. The molecule has 0 aliphatic heterocycles. The summed E-state index contributed by atoms with van der Waals surface area (Å²) in [5.41, 5.74) is 5.24.